The van der Waals surface area contributed by atoms with Crippen molar-refractivity contribution in [3.8, 4) is 17.2 Å². The number of aromatic nitrogens is 1. The minimum Gasteiger partial charge on any atom is -0.439 e. The highest BCUT2D eigenvalue weighted by Crippen LogP contribution is 2.42. The molecule has 1 heterocycles. The highest BCUT2D eigenvalue weighted by Gasteiger charge is 2.26. The fraction of sp³-hybridized carbons (Fsp3) is 0.263. The van der Waals surface area contributed by atoms with Gasteiger partial charge in [0.05, 0.1) is 15.0 Å². The second-order valence-electron chi connectivity index (χ2n) is 7.05. The first-order valence-corrected chi connectivity index (χ1v) is 8.72. The predicted octanol–water partition coefficient (Wildman–Crippen LogP) is 5.64. The number of non-ortho nitro benzene ring substituents is 1. The highest BCUT2D eigenvalue weighted by molar-refractivity contribution is 9.10. The summed E-state index contributed by atoms with van der Waals surface area (Å²) in [6.45, 7) is 7.74. The quantitative estimate of drug-likeness (QED) is 0.399. The van der Waals surface area contributed by atoms with Gasteiger partial charge in [-0.15, -0.1) is 0 Å². The summed E-state index contributed by atoms with van der Waals surface area (Å²) in [6, 6.07) is 8.51. The van der Waals surface area contributed by atoms with Gasteiger partial charge in [0, 0.05) is 23.1 Å². The molecule has 1 aromatic heterocycles. The van der Waals surface area contributed by atoms with Crippen LogP contribution in [0.25, 0.3) is 22.2 Å². The van der Waals surface area contributed by atoms with Gasteiger partial charge in [-0.2, -0.15) is 5.26 Å². The lowest BCUT2D eigenvalue weighted by atomic mass is 9.95. The highest BCUT2D eigenvalue weighted by atomic mass is 79.9. The van der Waals surface area contributed by atoms with Crippen molar-refractivity contribution in [3.05, 3.63) is 55.9 Å². The summed E-state index contributed by atoms with van der Waals surface area (Å²) in [7, 11) is 0. The first-order chi connectivity index (χ1) is 12.1. The third-order valence-corrected chi connectivity index (χ3v) is 4.89. The zero-order valence-corrected chi connectivity index (χ0v) is 16.3. The van der Waals surface area contributed by atoms with Crippen molar-refractivity contribution in [1.82, 2.24) is 4.98 Å². The lowest BCUT2D eigenvalue weighted by Gasteiger charge is -2.12. The molecular weight excluding hydrogens is 398 g/mol. The normalized spacial score (nSPS) is 11.5. The Morgan fingerprint density at radius 3 is 2.62 bits per heavy atom. The molecule has 3 rings (SSSR count). The molecule has 0 aliphatic heterocycles. The fourth-order valence-corrected chi connectivity index (χ4v) is 3.59. The molecule has 0 atom stereocenters. The average Bonchev–Trinajstić information content (AvgIpc) is 3.01. The van der Waals surface area contributed by atoms with Crippen LogP contribution in [-0.4, -0.2) is 9.91 Å². The van der Waals surface area contributed by atoms with Gasteiger partial charge in [0.1, 0.15) is 11.6 Å². The number of hydrogen-bond acceptors (Lipinski definition) is 5. The van der Waals surface area contributed by atoms with E-state index in [0.717, 1.165) is 0 Å². The van der Waals surface area contributed by atoms with Crippen LogP contribution < -0.4 is 0 Å². The standard InChI is InChI=1S/C19H16BrN3O3/c1-10-13(9-21)16-17(26-18(22-16)19(2,3)4)15(20)14(10)11-6-5-7-12(8-11)23(24)25/h5-8H,1-4H3. The fourth-order valence-electron chi connectivity index (χ4n) is 2.79. The number of nitro benzene ring substituents is 1. The Kier molecular flexibility index (Phi) is 4.32. The van der Waals surface area contributed by atoms with Crippen LogP contribution in [-0.2, 0) is 5.41 Å². The molecule has 0 spiro atoms. The van der Waals surface area contributed by atoms with E-state index in [1.54, 1.807) is 12.1 Å². The maximum absolute atomic E-state index is 11.1. The topological polar surface area (TPSA) is 93.0 Å². The van der Waals surface area contributed by atoms with E-state index in [1.807, 2.05) is 27.7 Å². The lowest BCUT2D eigenvalue weighted by molar-refractivity contribution is -0.384. The summed E-state index contributed by atoms with van der Waals surface area (Å²) >= 11 is 3.56. The van der Waals surface area contributed by atoms with Gasteiger partial charge < -0.3 is 4.42 Å². The minimum absolute atomic E-state index is 0.0136. The molecule has 2 aromatic carbocycles. The van der Waals surface area contributed by atoms with E-state index in [2.05, 4.69) is 27.0 Å². The van der Waals surface area contributed by atoms with Crippen molar-refractivity contribution < 1.29 is 9.34 Å². The third-order valence-electron chi connectivity index (χ3n) is 4.13. The van der Waals surface area contributed by atoms with Gasteiger partial charge in [-0.05, 0) is 34.0 Å². The Bertz CT molecular complexity index is 1090. The molecule has 0 saturated heterocycles. The molecule has 0 N–H and O–H groups in total. The molecule has 3 aromatic rings. The van der Waals surface area contributed by atoms with Crippen molar-refractivity contribution in [2.45, 2.75) is 33.1 Å². The molecule has 0 radical (unpaired) electrons. The molecular formula is C19H16BrN3O3. The molecule has 0 amide bonds. The molecule has 0 aliphatic rings. The van der Waals surface area contributed by atoms with E-state index >= 15 is 0 Å². The van der Waals surface area contributed by atoms with Crippen LogP contribution in [0.5, 0.6) is 0 Å². The third kappa shape index (κ3) is 2.86. The number of nitrogens with zero attached hydrogens (tertiary/aromatic N) is 3. The molecule has 0 unspecified atom stereocenters. The van der Waals surface area contributed by atoms with Crippen molar-refractivity contribution in [3.63, 3.8) is 0 Å². The zero-order chi connectivity index (χ0) is 19.2. The van der Waals surface area contributed by atoms with Gasteiger partial charge in [0.2, 0.25) is 5.89 Å². The zero-order valence-electron chi connectivity index (χ0n) is 14.8. The summed E-state index contributed by atoms with van der Waals surface area (Å²) in [5, 5.41) is 20.8. The minimum atomic E-state index is -0.442. The first kappa shape index (κ1) is 18.1. The van der Waals surface area contributed by atoms with Gasteiger partial charge in [0.25, 0.3) is 5.69 Å². The van der Waals surface area contributed by atoms with Crippen LogP contribution in [0.1, 0.15) is 37.8 Å². The van der Waals surface area contributed by atoms with Crippen LogP contribution in [0.15, 0.2) is 33.2 Å². The number of hydrogen-bond donors (Lipinski definition) is 0. The van der Waals surface area contributed by atoms with Gasteiger partial charge in [0.15, 0.2) is 5.58 Å². The monoisotopic (exact) mass is 413 g/mol. The molecule has 0 aliphatic carbocycles. The summed E-state index contributed by atoms with van der Waals surface area (Å²) in [5.41, 5.74) is 3.06. The Labute approximate surface area is 158 Å². The molecule has 0 saturated carbocycles. The molecule has 132 valence electrons. The number of nitro groups is 1. The number of halogens is 1. The number of fused-ring (bicyclic) bond motifs is 1. The largest absolute Gasteiger partial charge is 0.439 e. The van der Waals surface area contributed by atoms with E-state index in [4.69, 9.17) is 4.42 Å². The van der Waals surface area contributed by atoms with Crippen molar-refractivity contribution >= 4 is 32.7 Å². The predicted molar refractivity (Wildman–Crippen MR) is 102 cm³/mol. The summed E-state index contributed by atoms with van der Waals surface area (Å²) < 4.78 is 6.59. The van der Waals surface area contributed by atoms with E-state index in [9.17, 15) is 15.4 Å². The smallest absolute Gasteiger partial charge is 0.270 e. The molecule has 7 heteroatoms. The van der Waals surface area contributed by atoms with Gasteiger partial charge in [-0.1, -0.05) is 32.9 Å². The van der Waals surface area contributed by atoms with Crippen molar-refractivity contribution in [2.75, 3.05) is 0 Å². The molecule has 26 heavy (non-hydrogen) atoms. The number of nitriles is 1. The van der Waals surface area contributed by atoms with E-state index in [0.29, 0.717) is 43.7 Å². The van der Waals surface area contributed by atoms with Gasteiger partial charge in [-0.3, -0.25) is 10.1 Å². The maximum Gasteiger partial charge on any atom is 0.270 e. The summed E-state index contributed by atoms with van der Waals surface area (Å²) in [6.07, 6.45) is 0. The summed E-state index contributed by atoms with van der Waals surface area (Å²) in [4.78, 5) is 15.2. The Hall–Kier alpha value is -2.72. The molecule has 0 bridgehead atoms. The average molecular weight is 414 g/mol. The Morgan fingerprint density at radius 1 is 1.35 bits per heavy atom. The first-order valence-electron chi connectivity index (χ1n) is 7.93. The van der Waals surface area contributed by atoms with E-state index in [-0.39, 0.29) is 11.1 Å². The van der Waals surface area contributed by atoms with Gasteiger partial charge in [-0.25, -0.2) is 4.98 Å². The maximum atomic E-state index is 11.1. The van der Waals surface area contributed by atoms with E-state index < -0.39 is 4.92 Å². The Balaban J connectivity index is 2.39. The molecule has 6 nitrogen and oxygen atoms in total. The second-order valence-corrected chi connectivity index (χ2v) is 7.85. The van der Waals surface area contributed by atoms with Crippen LogP contribution in [0.2, 0.25) is 0 Å². The lowest BCUT2D eigenvalue weighted by Crippen LogP contribution is -2.11. The second kappa shape index (κ2) is 6.22. The van der Waals surface area contributed by atoms with Crippen LogP contribution in [0.3, 0.4) is 0 Å². The van der Waals surface area contributed by atoms with Crippen LogP contribution in [0, 0.1) is 28.4 Å². The number of rotatable bonds is 2. The Morgan fingerprint density at radius 2 is 2.04 bits per heavy atom. The SMILES string of the molecule is Cc1c(-c2cccc([N+](=O)[O-])c2)c(Br)c2oc(C(C)(C)C)nc2c1C#N. The summed E-state index contributed by atoms with van der Waals surface area (Å²) in [5.74, 6) is 0.528. The van der Waals surface area contributed by atoms with Gasteiger partial charge >= 0.3 is 0 Å². The number of benzene rings is 2. The molecule has 0 fully saturated rings. The van der Waals surface area contributed by atoms with Crippen LogP contribution in [0.4, 0.5) is 5.69 Å². The van der Waals surface area contributed by atoms with Crippen molar-refractivity contribution in [1.29, 1.82) is 5.26 Å². The van der Waals surface area contributed by atoms with E-state index in [1.165, 1.54) is 12.1 Å². The van der Waals surface area contributed by atoms with Crippen molar-refractivity contribution in [2.24, 2.45) is 0 Å². The van der Waals surface area contributed by atoms with Crippen LogP contribution >= 0.6 is 15.9 Å². The number of oxazole rings is 1.